The number of nitrogens with zero attached hydrogens (tertiary/aromatic N) is 2. The van der Waals surface area contributed by atoms with Crippen LogP contribution >= 0.6 is 22.9 Å². The monoisotopic (exact) mass is 297 g/mol. The van der Waals surface area contributed by atoms with E-state index < -0.39 is 11.9 Å². The quantitative estimate of drug-likeness (QED) is 0.908. The molecule has 0 aliphatic rings. The van der Waals surface area contributed by atoms with Crippen molar-refractivity contribution in [3.8, 4) is 0 Å². The third-order valence-corrected chi connectivity index (χ3v) is 3.51. The summed E-state index contributed by atoms with van der Waals surface area (Å²) in [7, 11) is 0. The molecule has 6 nitrogen and oxygen atoms in total. The van der Waals surface area contributed by atoms with Gasteiger partial charge in [0.1, 0.15) is 15.7 Å². The van der Waals surface area contributed by atoms with Crippen LogP contribution < -0.4 is 5.32 Å². The van der Waals surface area contributed by atoms with Gasteiger partial charge in [-0.05, 0) is 17.9 Å². The van der Waals surface area contributed by atoms with Crippen molar-refractivity contribution in [1.29, 1.82) is 0 Å². The number of rotatable bonds is 3. The van der Waals surface area contributed by atoms with Gasteiger partial charge in [0.2, 0.25) is 0 Å². The van der Waals surface area contributed by atoms with Gasteiger partial charge in [0.25, 0.3) is 5.91 Å². The minimum absolute atomic E-state index is 0.0226. The summed E-state index contributed by atoms with van der Waals surface area (Å²) in [6.07, 6.45) is 2.56. The molecular formula is C11H8ClN3O3S. The van der Waals surface area contributed by atoms with Gasteiger partial charge in [-0.25, -0.2) is 9.78 Å². The number of hydrogen-bond donors (Lipinski definition) is 2. The Bertz CT molecular complexity index is 656. The molecule has 0 aliphatic carbocycles. The van der Waals surface area contributed by atoms with Crippen molar-refractivity contribution in [3.63, 3.8) is 0 Å². The lowest BCUT2D eigenvalue weighted by Gasteiger charge is -2.05. The van der Waals surface area contributed by atoms with E-state index in [4.69, 9.17) is 16.7 Å². The topological polar surface area (TPSA) is 92.2 Å². The van der Waals surface area contributed by atoms with Crippen LogP contribution in [0.3, 0.4) is 0 Å². The first kappa shape index (κ1) is 13.4. The zero-order valence-electron chi connectivity index (χ0n) is 9.68. The second-order valence-corrected chi connectivity index (χ2v) is 4.88. The third kappa shape index (κ3) is 2.88. The number of aromatic nitrogens is 2. The van der Waals surface area contributed by atoms with Gasteiger partial charge >= 0.3 is 5.97 Å². The van der Waals surface area contributed by atoms with Crippen molar-refractivity contribution in [2.75, 3.05) is 5.32 Å². The van der Waals surface area contributed by atoms with E-state index in [1.807, 2.05) is 0 Å². The molecule has 0 aliphatic heterocycles. The fraction of sp³-hybridized carbons (Fsp3) is 0.0909. The molecule has 0 unspecified atom stereocenters. The van der Waals surface area contributed by atoms with E-state index in [1.54, 1.807) is 12.3 Å². The highest BCUT2D eigenvalue weighted by Crippen LogP contribution is 2.27. The van der Waals surface area contributed by atoms with Crippen LogP contribution in [0.5, 0.6) is 0 Å². The van der Waals surface area contributed by atoms with Gasteiger partial charge in [-0.1, -0.05) is 11.6 Å². The second kappa shape index (κ2) is 5.33. The largest absolute Gasteiger partial charge is 0.477 e. The fourth-order valence-electron chi connectivity index (χ4n) is 1.39. The maximum Gasteiger partial charge on any atom is 0.348 e. The van der Waals surface area contributed by atoms with E-state index in [0.717, 1.165) is 11.3 Å². The molecule has 0 aromatic carbocycles. The number of carboxylic acids is 1. The number of nitrogens with one attached hydrogen (secondary N) is 1. The highest BCUT2D eigenvalue weighted by molar-refractivity contribution is 7.12. The number of carbonyl (C=O) groups excluding carboxylic acids is 1. The summed E-state index contributed by atoms with van der Waals surface area (Å²) in [6, 6.07) is 0. The van der Waals surface area contributed by atoms with Crippen molar-refractivity contribution in [3.05, 3.63) is 39.1 Å². The lowest BCUT2D eigenvalue weighted by Crippen LogP contribution is -2.16. The van der Waals surface area contributed by atoms with Gasteiger partial charge in [0.15, 0.2) is 0 Å². The summed E-state index contributed by atoms with van der Waals surface area (Å²) in [6.45, 7) is 1.71. The number of anilines is 1. The Kier molecular flexibility index (Phi) is 3.77. The summed E-state index contributed by atoms with van der Waals surface area (Å²) < 4.78 is 0. The number of thiophene rings is 1. The molecular weight excluding hydrogens is 290 g/mol. The van der Waals surface area contributed by atoms with E-state index in [0.29, 0.717) is 5.56 Å². The first-order chi connectivity index (χ1) is 8.99. The first-order valence-corrected chi connectivity index (χ1v) is 6.35. The predicted molar refractivity (Wildman–Crippen MR) is 71.0 cm³/mol. The summed E-state index contributed by atoms with van der Waals surface area (Å²) in [4.78, 5) is 30.6. The minimum Gasteiger partial charge on any atom is -0.477 e. The maximum absolute atomic E-state index is 11.9. The molecule has 0 atom stereocenters. The van der Waals surface area contributed by atoms with Crippen molar-refractivity contribution in [2.45, 2.75) is 6.92 Å². The molecule has 1 amide bonds. The highest BCUT2D eigenvalue weighted by atomic mass is 35.5. The fourth-order valence-corrected chi connectivity index (χ4v) is 2.38. The van der Waals surface area contributed by atoms with Crippen molar-refractivity contribution in [2.24, 2.45) is 0 Å². The number of carboxylic acid groups (broad SMARTS) is 1. The molecule has 0 saturated carbocycles. The first-order valence-electron chi connectivity index (χ1n) is 5.09. The van der Waals surface area contributed by atoms with Gasteiger partial charge < -0.3 is 10.4 Å². The molecule has 0 fully saturated rings. The highest BCUT2D eigenvalue weighted by Gasteiger charge is 2.18. The number of carbonyl (C=O) groups is 2. The molecule has 0 spiro atoms. The average Bonchev–Trinajstić information content (AvgIpc) is 2.71. The van der Waals surface area contributed by atoms with Gasteiger partial charge in [0.05, 0.1) is 18.1 Å². The van der Waals surface area contributed by atoms with Crippen LogP contribution in [-0.2, 0) is 0 Å². The van der Waals surface area contributed by atoms with Gasteiger partial charge in [-0.15, -0.1) is 11.3 Å². The van der Waals surface area contributed by atoms with E-state index in [9.17, 15) is 9.59 Å². The number of amides is 1. The molecule has 2 N–H and O–H groups in total. The predicted octanol–water partition coefficient (Wildman–Crippen LogP) is 2.45. The van der Waals surface area contributed by atoms with Crippen molar-refractivity contribution < 1.29 is 14.7 Å². The minimum atomic E-state index is -1.09. The van der Waals surface area contributed by atoms with Crippen LogP contribution in [0.15, 0.2) is 17.8 Å². The Labute approximate surface area is 117 Å². The third-order valence-electron chi connectivity index (χ3n) is 2.25. The van der Waals surface area contributed by atoms with Crippen LogP contribution in [0, 0.1) is 6.92 Å². The molecule has 2 aromatic rings. The van der Waals surface area contributed by atoms with Crippen LogP contribution in [-0.4, -0.2) is 27.0 Å². The molecule has 19 heavy (non-hydrogen) atoms. The van der Waals surface area contributed by atoms with Crippen LogP contribution in [0.2, 0.25) is 5.15 Å². The van der Waals surface area contributed by atoms with Gasteiger partial charge in [-0.3, -0.25) is 9.78 Å². The standard InChI is InChI=1S/C11H8ClN3O3S/c1-5-4-19-9(11(17)18)8(5)15-10(16)6-2-13-3-7(12)14-6/h2-4H,1H3,(H,15,16)(H,17,18). The molecule has 2 heterocycles. The summed E-state index contributed by atoms with van der Waals surface area (Å²) in [5, 5.41) is 13.3. The normalized spacial score (nSPS) is 10.2. The number of hydrogen-bond acceptors (Lipinski definition) is 5. The van der Waals surface area contributed by atoms with E-state index in [1.165, 1.54) is 12.4 Å². The van der Waals surface area contributed by atoms with Crippen LogP contribution in [0.4, 0.5) is 5.69 Å². The molecule has 0 bridgehead atoms. The van der Waals surface area contributed by atoms with Gasteiger partial charge in [0, 0.05) is 0 Å². The molecule has 2 aromatic heterocycles. The maximum atomic E-state index is 11.9. The van der Waals surface area contributed by atoms with Gasteiger partial charge in [-0.2, -0.15) is 0 Å². The summed E-state index contributed by atoms with van der Waals surface area (Å²) in [5.74, 6) is -1.65. The Hall–Kier alpha value is -1.99. The van der Waals surface area contributed by atoms with E-state index in [2.05, 4.69) is 15.3 Å². The average molecular weight is 298 g/mol. The zero-order chi connectivity index (χ0) is 14.0. The number of aryl methyl sites for hydroxylation is 1. The molecule has 8 heteroatoms. The number of aromatic carboxylic acids is 1. The molecule has 0 saturated heterocycles. The van der Waals surface area contributed by atoms with Crippen molar-refractivity contribution >= 4 is 40.5 Å². The lowest BCUT2D eigenvalue weighted by molar-refractivity contribution is 0.0703. The van der Waals surface area contributed by atoms with Crippen LogP contribution in [0.25, 0.3) is 0 Å². The Morgan fingerprint density at radius 1 is 1.42 bits per heavy atom. The Balaban J connectivity index is 2.29. The Morgan fingerprint density at radius 2 is 2.16 bits per heavy atom. The summed E-state index contributed by atoms with van der Waals surface area (Å²) >= 11 is 6.69. The molecule has 0 radical (unpaired) electrons. The smallest absolute Gasteiger partial charge is 0.348 e. The van der Waals surface area contributed by atoms with E-state index >= 15 is 0 Å². The Morgan fingerprint density at radius 3 is 2.79 bits per heavy atom. The van der Waals surface area contributed by atoms with Crippen LogP contribution in [0.1, 0.15) is 25.7 Å². The van der Waals surface area contributed by atoms with Crippen molar-refractivity contribution in [1.82, 2.24) is 9.97 Å². The second-order valence-electron chi connectivity index (χ2n) is 3.61. The molecule has 2 rings (SSSR count). The lowest BCUT2D eigenvalue weighted by atomic mass is 10.2. The number of halogens is 1. The molecule has 98 valence electrons. The zero-order valence-corrected chi connectivity index (χ0v) is 11.2. The van der Waals surface area contributed by atoms with E-state index in [-0.39, 0.29) is 21.4 Å². The SMILES string of the molecule is Cc1csc(C(=O)O)c1NC(=O)c1cncc(Cl)n1. The summed E-state index contributed by atoms with van der Waals surface area (Å²) in [5.41, 5.74) is 0.962.